The van der Waals surface area contributed by atoms with Gasteiger partial charge in [-0.25, -0.2) is 9.59 Å². The van der Waals surface area contributed by atoms with E-state index >= 15 is 0 Å². The highest BCUT2D eigenvalue weighted by molar-refractivity contribution is 6.21. The molecule has 9 heteroatoms. The second-order valence-electron chi connectivity index (χ2n) is 8.72. The summed E-state index contributed by atoms with van der Waals surface area (Å²) in [7, 11) is 1.57. The first kappa shape index (κ1) is 26.7. The second-order valence-corrected chi connectivity index (χ2v) is 8.72. The lowest BCUT2D eigenvalue weighted by Gasteiger charge is -2.28. The molecule has 1 N–H and O–H groups in total. The smallest absolute Gasteiger partial charge is 0.408 e. The van der Waals surface area contributed by atoms with Crippen LogP contribution in [0.2, 0.25) is 0 Å². The molecule has 0 fully saturated rings. The van der Waals surface area contributed by atoms with Gasteiger partial charge in [-0.3, -0.25) is 14.5 Å². The Labute approximate surface area is 210 Å². The first-order chi connectivity index (χ1) is 17.3. The Hall–Kier alpha value is -3.88. The summed E-state index contributed by atoms with van der Waals surface area (Å²) in [6.45, 7) is 3.80. The molecule has 0 saturated carbocycles. The SMILES string of the molecule is CCOC(=O)[C@](C)(CCCCCN1C(=O)c2ccccc2C1=O)NC(=O)OCc1ccc(OC)cc1. The molecule has 2 aromatic rings. The van der Waals surface area contributed by atoms with Crippen LogP contribution in [0.25, 0.3) is 0 Å². The molecular weight excluding hydrogens is 464 g/mol. The topological polar surface area (TPSA) is 111 Å². The molecule has 0 aliphatic carbocycles. The monoisotopic (exact) mass is 496 g/mol. The quantitative estimate of drug-likeness (QED) is 0.268. The first-order valence-electron chi connectivity index (χ1n) is 12.0. The summed E-state index contributed by atoms with van der Waals surface area (Å²) >= 11 is 0. The molecule has 0 radical (unpaired) electrons. The van der Waals surface area contributed by atoms with Gasteiger partial charge in [-0.15, -0.1) is 0 Å². The average molecular weight is 497 g/mol. The molecular formula is C27H32N2O7. The summed E-state index contributed by atoms with van der Waals surface area (Å²) < 4.78 is 15.6. The lowest BCUT2D eigenvalue weighted by molar-refractivity contribution is -0.150. The number of amides is 3. The van der Waals surface area contributed by atoms with E-state index in [1.54, 1.807) is 69.5 Å². The Morgan fingerprint density at radius 3 is 2.14 bits per heavy atom. The number of ether oxygens (including phenoxy) is 3. The molecule has 36 heavy (non-hydrogen) atoms. The molecule has 0 unspecified atom stereocenters. The highest BCUT2D eigenvalue weighted by Gasteiger charge is 2.37. The van der Waals surface area contributed by atoms with Crippen molar-refractivity contribution in [2.75, 3.05) is 20.3 Å². The number of hydrogen-bond acceptors (Lipinski definition) is 7. The van der Waals surface area contributed by atoms with Gasteiger partial charge in [-0.2, -0.15) is 0 Å². The number of hydrogen-bond donors (Lipinski definition) is 1. The highest BCUT2D eigenvalue weighted by atomic mass is 16.6. The van der Waals surface area contributed by atoms with Crippen LogP contribution in [0.1, 0.15) is 65.8 Å². The Morgan fingerprint density at radius 2 is 1.56 bits per heavy atom. The molecule has 192 valence electrons. The summed E-state index contributed by atoms with van der Waals surface area (Å²) in [6.07, 6.45) is 1.37. The number of nitrogens with zero attached hydrogens (tertiary/aromatic N) is 1. The number of carbonyl (C=O) groups excluding carboxylic acids is 4. The van der Waals surface area contributed by atoms with E-state index in [2.05, 4.69) is 5.32 Å². The van der Waals surface area contributed by atoms with Gasteiger partial charge in [0, 0.05) is 6.54 Å². The van der Waals surface area contributed by atoms with E-state index in [4.69, 9.17) is 14.2 Å². The van der Waals surface area contributed by atoms with Gasteiger partial charge >= 0.3 is 12.1 Å². The summed E-state index contributed by atoms with van der Waals surface area (Å²) in [5, 5.41) is 2.65. The van der Waals surface area contributed by atoms with Crippen LogP contribution in [0.4, 0.5) is 4.79 Å². The molecule has 1 heterocycles. The van der Waals surface area contributed by atoms with Gasteiger partial charge in [0.1, 0.15) is 17.9 Å². The molecule has 0 saturated heterocycles. The lowest BCUT2D eigenvalue weighted by atomic mass is 9.94. The van der Waals surface area contributed by atoms with Crippen molar-refractivity contribution in [3.63, 3.8) is 0 Å². The van der Waals surface area contributed by atoms with Crippen LogP contribution in [0.3, 0.4) is 0 Å². The van der Waals surface area contributed by atoms with E-state index in [0.717, 1.165) is 5.56 Å². The Balaban J connectivity index is 1.48. The van der Waals surface area contributed by atoms with E-state index in [1.165, 1.54) is 4.90 Å². The van der Waals surface area contributed by atoms with Crippen LogP contribution in [0.5, 0.6) is 5.75 Å². The van der Waals surface area contributed by atoms with Gasteiger partial charge < -0.3 is 19.5 Å². The minimum absolute atomic E-state index is 0.0367. The van der Waals surface area contributed by atoms with Crippen molar-refractivity contribution in [1.29, 1.82) is 0 Å². The van der Waals surface area contributed by atoms with Crippen LogP contribution >= 0.6 is 0 Å². The number of nitrogens with one attached hydrogen (secondary N) is 1. The number of alkyl carbamates (subject to hydrolysis) is 1. The summed E-state index contributed by atoms with van der Waals surface area (Å²) in [4.78, 5) is 51.3. The summed E-state index contributed by atoms with van der Waals surface area (Å²) in [6, 6.07) is 13.9. The number of unbranched alkanes of at least 4 members (excludes halogenated alkanes) is 2. The van der Waals surface area contributed by atoms with Crippen LogP contribution in [-0.4, -0.2) is 54.6 Å². The Bertz CT molecular complexity index is 1060. The fourth-order valence-electron chi connectivity index (χ4n) is 4.01. The third-order valence-corrected chi connectivity index (χ3v) is 6.07. The lowest BCUT2D eigenvalue weighted by Crippen LogP contribution is -2.53. The van der Waals surface area contributed by atoms with Crippen molar-refractivity contribution >= 4 is 23.9 Å². The number of imide groups is 1. The van der Waals surface area contributed by atoms with E-state index in [1.807, 2.05) is 0 Å². The van der Waals surface area contributed by atoms with Gasteiger partial charge in [0.2, 0.25) is 0 Å². The van der Waals surface area contributed by atoms with Crippen molar-refractivity contribution in [3.8, 4) is 5.75 Å². The van der Waals surface area contributed by atoms with Gasteiger partial charge in [0.15, 0.2) is 0 Å². The highest BCUT2D eigenvalue weighted by Crippen LogP contribution is 2.24. The van der Waals surface area contributed by atoms with Gasteiger partial charge in [0.05, 0.1) is 24.8 Å². The van der Waals surface area contributed by atoms with Crippen molar-refractivity contribution < 1.29 is 33.4 Å². The second kappa shape index (κ2) is 12.2. The predicted octanol–water partition coefficient (Wildman–Crippen LogP) is 4.10. The van der Waals surface area contributed by atoms with E-state index in [9.17, 15) is 19.2 Å². The Kier molecular flexibility index (Phi) is 9.05. The predicted molar refractivity (Wildman–Crippen MR) is 132 cm³/mol. The zero-order chi connectivity index (χ0) is 26.1. The van der Waals surface area contributed by atoms with Crippen LogP contribution in [0, 0.1) is 0 Å². The van der Waals surface area contributed by atoms with Crippen LogP contribution in [-0.2, 0) is 20.9 Å². The summed E-state index contributed by atoms with van der Waals surface area (Å²) in [5.74, 6) is -0.422. The molecule has 1 atom stereocenters. The van der Waals surface area contributed by atoms with Gasteiger partial charge in [0.25, 0.3) is 11.8 Å². The third-order valence-electron chi connectivity index (χ3n) is 6.07. The molecule has 3 rings (SSSR count). The first-order valence-corrected chi connectivity index (χ1v) is 12.0. The third kappa shape index (κ3) is 6.41. The Morgan fingerprint density at radius 1 is 0.917 bits per heavy atom. The zero-order valence-electron chi connectivity index (χ0n) is 20.9. The molecule has 3 amide bonds. The molecule has 0 bridgehead atoms. The van der Waals surface area contributed by atoms with Crippen molar-refractivity contribution in [2.24, 2.45) is 0 Å². The molecule has 0 spiro atoms. The van der Waals surface area contributed by atoms with Crippen LogP contribution < -0.4 is 10.1 Å². The minimum atomic E-state index is -1.28. The fraction of sp³-hybridized carbons (Fsp3) is 0.407. The van der Waals surface area contributed by atoms with E-state index in [-0.39, 0.29) is 25.0 Å². The van der Waals surface area contributed by atoms with Crippen molar-refractivity contribution in [2.45, 2.75) is 51.7 Å². The zero-order valence-corrected chi connectivity index (χ0v) is 20.9. The molecule has 9 nitrogen and oxygen atoms in total. The van der Waals surface area contributed by atoms with E-state index < -0.39 is 17.6 Å². The fourth-order valence-corrected chi connectivity index (χ4v) is 4.01. The van der Waals surface area contributed by atoms with Crippen molar-refractivity contribution in [1.82, 2.24) is 10.2 Å². The number of carbonyl (C=O) groups is 4. The molecule has 2 aromatic carbocycles. The maximum atomic E-state index is 12.6. The normalized spacial score (nSPS) is 14.1. The van der Waals surface area contributed by atoms with Crippen LogP contribution in [0.15, 0.2) is 48.5 Å². The number of rotatable bonds is 12. The number of esters is 1. The number of fused-ring (bicyclic) bond motifs is 1. The molecule has 0 aromatic heterocycles. The average Bonchev–Trinajstić information content (AvgIpc) is 3.12. The number of benzene rings is 2. The molecule has 1 aliphatic rings. The van der Waals surface area contributed by atoms with Crippen molar-refractivity contribution in [3.05, 3.63) is 65.2 Å². The molecule has 1 aliphatic heterocycles. The maximum Gasteiger partial charge on any atom is 0.408 e. The minimum Gasteiger partial charge on any atom is -0.497 e. The van der Waals surface area contributed by atoms with E-state index in [0.29, 0.717) is 49.1 Å². The standard InChI is InChI=1S/C27H32N2O7/c1-4-35-25(32)27(2,28-26(33)36-18-19-12-14-20(34-3)15-13-19)16-8-5-9-17-29-23(30)21-10-6-7-11-22(21)24(29)31/h6-7,10-15H,4-5,8-9,16-18H2,1-3H3,(H,28,33)/t27-/m0/s1. The summed E-state index contributed by atoms with van der Waals surface area (Å²) in [5.41, 5.74) is 0.351. The number of methoxy groups -OCH3 is 1. The maximum absolute atomic E-state index is 12.6. The largest absolute Gasteiger partial charge is 0.497 e. The van der Waals surface area contributed by atoms with Gasteiger partial charge in [-0.05, 0) is 56.5 Å². The van der Waals surface area contributed by atoms with Gasteiger partial charge in [-0.1, -0.05) is 37.1 Å².